The number of non-ortho nitro benzene ring substituents is 1. The molecule has 230 valence electrons. The van der Waals surface area contributed by atoms with E-state index in [1.54, 1.807) is 19.1 Å². The van der Waals surface area contributed by atoms with Crippen LogP contribution >= 0.6 is 0 Å². The number of fused-ring (bicyclic) bond motifs is 3. The van der Waals surface area contributed by atoms with Crippen molar-refractivity contribution in [1.29, 1.82) is 0 Å². The summed E-state index contributed by atoms with van der Waals surface area (Å²) in [4.78, 5) is 66.7. The summed E-state index contributed by atoms with van der Waals surface area (Å²) < 4.78 is 5.89. The van der Waals surface area contributed by atoms with E-state index in [2.05, 4.69) is 0 Å². The van der Waals surface area contributed by atoms with E-state index in [0.717, 1.165) is 10.5 Å². The van der Waals surface area contributed by atoms with Gasteiger partial charge in [0.1, 0.15) is 18.1 Å². The zero-order valence-electron chi connectivity index (χ0n) is 24.7. The van der Waals surface area contributed by atoms with E-state index in [0.29, 0.717) is 16.9 Å². The minimum atomic E-state index is -0.854. The Balaban J connectivity index is 1.28. The molecule has 0 saturated carbocycles. The van der Waals surface area contributed by atoms with Gasteiger partial charge < -0.3 is 9.84 Å². The first-order valence-corrected chi connectivity index (χ1v) is 15.0. The molecule has 2 amide bonds. The van der Waals surface area contributed by atoms with Crippen LogP contribution in [0.4, 0.5) is 11.4 Å². The molecule has 0 bridgehead atoms. The fourth-order valence-corrected chi connectivity index (χ4v) is 7.34. The number of imide groups is 1. The van der Waals surface area contributed by atoms with Gasteiger partial charge in [0.25, 0.3) is 5.69 Å². The zero-order valence-corrected chi connectivity index (χ0v) is 24.7. The number of carbonyl (C=O) groups is 4. The molecule has 3 aromatic rings. The number of allylic oxidation sites excluding steroid dienone is 6. The highest BCUT2D eigenvalue weighted by molar-refractivity contribution is 6.25. The number of hydrogen-bond donors (Lipinski definition) is 1. The van der Waals surface area contributed by atoms with E-state index in [-0.39, 0.29) is 64.9 Å². The third kappa shape index (κ3) is 4.65. The van der Waals surface area contributed by atoms with Crippen molar-refractivity contribution in [3.05, 3.63) is 128 Å². The van der Waals surface area contributed by atoms with Gasteiger partial charge in [-0.2, -0.15) is 0 Å². The van der Waals surface area contributed by atoms with E-state index < -0.39 is 40.4 Å². The summed E-state index contributed by atoms with van der Waals surface area (Å²) in [5.74, 6) is -4.38. The Labute approximate surface area is 263 Å². The lowest BCUT2D eigenvalue weighted by Crippen LogP contribution is -2.39. The van der Waals surface area contributed by atoms with Crippen LogP contribution in [0, 0.1) is 27.9 Å². The number of ketones is 2. The van der Waals surface area contributed by atoms with E-state index >= 15 is 0 Å². The van der Waals surface area contributed by atoms with Crippen molar-refractivity contribution in [3.63, 3.8) is 0 Å². The number of rotatable bonds is 6. The second-order valence-electron chi connectivity index (χ2n) is 12.0. The summed E-state index contributed by atoms with van der Waals surface area (Å²) in [5.41, 5.74) is 2.69. The lowest BCUT2D eigenvalue weighted by Gasteiger charge is -2.42. The van der Waals surface area contributed by atoms with Gasteiger partial charge in [0.2, 0.25) is 11.8 Å². The van der Waals surface area contributed by atoms with Crippen LogP contribution in [-0.2, 0) is 25.8 Å². The molecule has 1 heterocycles. The highest BCUT2D eigenvalue weighted by atomic mass is 16.6. The standard InChI is InChI=1S/C36H28N2O8/c1-19-14-30(40)33-28(34(19)41)17-27-24(31(33)25-11-10-23(16-29(25)39)46-18-20-6-3-2-4-7-20)12-13-26-32(27)36(43)37(35(26)42)21-8-5-9-22(15-21)38(44)45/h2-12,14-16,26-27,31-32,39H,13,17-18H2,1H3. The van der Waals surface area contributed by atoms with Gasteiger partial charge in [0.15, 0.2) is 11.6 Å². The third-order valence-electron chi connectivity index (χ3n) is 9.42. The summed E-state index contributed by atoms with van der Waals surface area (Å²) in [6, 6.07) is 19.8. The molecule has 10 heteroatoms. The summed E-state index contributed by atoms with van der Waals surface area (Å²) >= 11 is 0. The molecule has 3 aliphatic carbocycles. The van der Waals surface area contributed by atoms with Crippen molar-refractivity contribution >= 4 is 34.8 Å². The molecule has 10 nitrogen and oxygen atoms in total. The summed E-state index contributed by atoms with van der Waals surface area (Å²) in [6.45, 7) is 1.85. The van der Waals surface area contributed by atoms with Crippen LogP contribution in [0.5, 0.6) is 11.5 Å². The average Bonchev–Trinajstić information content (AvgIpc) is 3.31. The molecular formula is C36H28N2O8. The topological polar surface area (TPSA) is 144 Å². The fourth-order valence-electron chi connectivity index (χ4n) is 7.34. The van der Waals surface area contributed by atoms with E-state index in [1.165, 1.54) is 36.4 Å². The van der Waals surface area contributed by atoms with Crippen molar-refractivity contribution < 1.29 is 33.9 Å². The highest BCUT2D eigenvalue weighted by Gasteiger charge is 2.57. The summed E-state index contributed by atoms with van der Waals surface area (Å²) in [7, 11) is 0. The monoisotopic (exact) mass is 616 g/mol. The number of nitro benzene ring substituents is 1. The molecule has 4 atom stereocenters. The molecule has 7 rings (SSSR count). The maximum absolute atomic E-state index is 14.1. The second-order valence-corrected chi connectivity index (χ2v) is 12.0. The number of anilines is 1. The molecule has 1 aliphatic heterocycles. The Morgan fingerprint density at radius 3 is 2.48 bits per heavy atom. The smallest absolute Gasteiger partial charge is 0.271 e. The van der Waals surface area contributed by atoms with Gasteiger partial charge in [0, 0.05) is 46.4 Å². The van der Waals surface area contributed by atoms with Gasteiger partial charge in [0.05, 0.1) is 22.4 Å². The van der Waals surface area contributed by atoms with E-state index in [1.807, 2.05) is 36.4 Å². The maximum atomic E-state index is 14.1. The minimum Gasteiger partial charge on any atom is -0.507 e. The van der Waals surface area contributed by atoms with Gasteiger partial charge >= 0.3 is 0 Å². The molecule has 4 unspecified atom stereocenters. The van der Waals surface area contributed by atoms with Crippen LogP contribution in [0.3, 0.4) is 0 Å². The third-order valence-corrected chi connectivity index (χ3v) is 9.42. The maximum Gasteiger partial charge on any atom is 0.271 e. The zero-order chi connectivity index (χ0) is 32.3. The van der Waals surface area contributed by atoms with Gasteiger partial charge in [-0.1, -0.05) is 54.1 Å². The number of Topliss-reactive ketones (excluding diaryl/α,β-unsaturated/α-hetero) is 1. The molecule has 3 aromatic carbocycles. The van der Waals surface area contributed by atoms with E-state index in [4.69, 9.17) is 4.74 Å². The molecule has 4 aliphatic rings. The Kier molecular flexibility index (Phi) is 7.00. The number of amides is 2. The number of benzene rings is 3. The predicted molar refractivity (Wildman–Crippen MR) is 166 cm³/mol. The van der Waals surface area contributed by atoms with Crippen LogP contribution < -0.4 is 9.64 Å². The Morgan fingerprint density at radius 2 is 1.74 bits per heavy atom. The van der Waals surface area contributed by atoms with Crippen molar-refractivity contribution in [2.24, 2.45) is 17.8 Å². The second kappa shape index (κ2) is 11.1. The largest absolute Gasteiger partial charge is 0.507 e. The van der Waals surface area contributed by atoms with Gasteiger partial charge in [-0.15, -0.1) is 0 Å². The molecule has 46 heavy (non-hydrogen) atoms. The molecule has 0 aromatic heterocycles. The molecule has 1 saturated heterocycles. The van der Waals surface area contributed by atoms with E-state index in [9.17, 15) is 34.4 Å². The predicted octanol–water partition coefficient (Wildman–Crippen LogP) is 5.51. The number of carbonyl (C=O) groups excluding carboxylic acids is 4. The number of aromatic hydroxyl groups is 1. The molecule has 0 radical (unpaired) electrons. The van der Waals surface area contributed by atoms with Crippen LogP contribution in [0.25, 0.3) is 0 Å². The molecule has 1 fully saturated rings. The van der Waals surface area contributed by atoms with Crippen molar-refractivity contribution in [2.75, 3.05) is 4.90 Å². The number of ether oxygens (including phenoxy) is 1. The average molecular weight is 617 g/mol. The Bertz CT molecular complexity index is 1960. The van der Waals surface area contributed by atoms with Crippen LogP contribution in [0.1, 0.15) is 36.8 Å². The minimum absolute atomic E-state index is 0.0788. The van der Waals surface area contributed by atoms with Gasteiger partial charge in [-0.05, 0) is 49.5 Å². The van der Waals surface area contributed by atoms with Gasteiger partial charge in [-0.3, -0.25) is 29.3 Å². The first kappa shape index (κ1) is 29.1. The van der Waals surface area contributed by atoms with Crippen molar-refractivity contribution in [3.8, 4) is 11.5 Å². The normalized spacial score (nSPS) is 23.8. The quantitative estimate of drug-likeness (QED) is 0.125. The number of nitro groups is 1. The lowest BCUT2D eigenvalue weighted by molar-refractivity contribution is -0.384. The number of hydrogen-bond acceptors (Lipinski definition) is 8. The molecular weight excluding hydrogens is 588 g/mol. The van der Waals surface area contributed by atoms with Crippen molar-refractivity contribution in [1.82, 2.24) is 0 Å². The first-order chi connectivity index (χ1) is 22.1. The summed E-state index contributed by atoms with van der Waals surface area (Å²) in [6.07, 6.45) is 3.44. The Hall–Kier alpha value is -5.64. The lowest BCUT2D eigenvalue weighted by atomic mass is 9.59. The SMILES string of the molecule is CC1=CC(=O)C2=C(CC3C(=CCC4C(=O)N(c5cccc([N+](=O)[O-])c5)C(=O)C43)C2c2ccc(OCc3ccccc3)cc2O)C1=O. The Morgan fingerprint density at radius 1 is 0.957 bits per heavy atom. The number of phenols is 1. The molecule has 1 N–H and O–H groups in total. The van der Waals surface area contributed by atoms with Gasteiger partial charge in [-0.25, -0.2) is 4.90 Å². The fraction of sp³-hybridized carbons (Fsp3) is 0.222. The molecule has 0 spiro atoms. The van der Waals surface area contributed by atoms with Crippen LogP contribution in [0.15, 0.2) is 107 Å². The van der Waals surface area contributed by atoms with Crippen LogP contribution in [-0.4, -0.2) is 33.4 Å². The number of phenolic OH excluding ortho intramolecular Hbond substituents is 1. The number of nitrogens with zero attached hydrogens (tertiary/aromatic N) is 2. The first-order valence-electron chi connectivity index (χ1n) is 15.0. The summed E-state index contributed by atoms with van der Waals surface area (Å²) in [5, 5.41) is 22.8. The van der Waals surface area contributed by atoms with Crippen molar-refractivity contribution in [2.45, 2.75) is 32.3 Å². The highest BCUT2D eigenvalue weighted by Crippen LogP contribution is 2.56. The van der Waals surface area contributed by atoms with Crippen LogP contribution in [0.2, 0.25) is 0 Å².